The molecule has 0 spiro atoms. The van der Waals surface area contributed by atoms with Gasteiger partial charge in [-0.1, -0.05) is 6.42 Å². The lowest BCUT2D eigenvalue weighted by Crippen LogP contribution is -2.50. The number of nitrogens with zero attached hydrogens (tertiary/aromatic N) is 1. The number of hydrogen-bond donors (Lipinski definition) is 2. The number of hydrogen-bond acceptors (Lipinski definition) is 3. The zero-order valence-electron chi connectivity index (χ0n) is 9.32. The molecular formula is C11H23NO2. The molecule has 14 heavy (non-hydrogen) atoms. The van der Waals surface area contributed by atoms with Crippen LogP contribution in [0.3, 0.4) is 0 Å². The fourth-order valence-electron chi connectivity index (χ4n) is 1.97. The number of rotatable bonds is 6. The van der Waals surface area contributed by atoms with Gasteiger partial charge in [-0.25, -0.2) is 0 Å². The molecule has 0 saturated heterocycles. The molecule has 1 fully saturated rings. The fourth-order valence-corrected chi connectivity index (χ4v) is 1.97. The first-order chi connectivity index (χ1) is 6.66. The van der Waals surface area contributed by atoms with Crippen LogP contribution in [0.2, 0.25) is 0 Å². The van der Waals surface area contributed by atoms with Crippen LogP contribution in [-0.2, 0) is 0 Å². The molecular weight excluding hydrogens is 178 g/mol. The van der Waals surface area contributed by atoms with E-state index in [-0.39, 0.29) is 18.8 Å². The molecule has 1 saturated carbocycles. The SMILES string of the molecule is CC(O)C(C)N(CCCO)C1CCC1. The standard InChI is InChI=1S/C11H23NO2/c1-9(10(2)14)12(7-4-8-13)11-5-3-6-11/h9-11,13-14H,3-8H2,1-2H3. The van der Waals surface area contributed by atoms with Crippen molar-refractivity contribution in [1.29, 1.82) is 0 Å². The van der Waals surface area contributed by atoms with E-state index in [1.165, 1.54) is 19.3 Å². The van der Waals surface area contributed by atoms with Gasteiger partial charge in [-0.05, 0) is 33.1 Å². The smallest absolute Gasteiger partial charge is 0.0664 e. The zero-order valence-corrected chi connectivity index (χ0v) is 9.32. The van der Waals surface area contributed by atoms with Gasteiger partial charge in [0.25, 0.3) is 0 Å². The van der Waals surface area contributed by atoms with Crippen molar-refractivity contribution in [2.45, 2.75) is 57.7 Å². The van der Waals surface area contributed by atoms with Gasteiger partial charge in [0.2, 0.25) is 0 Å². The average molecular weight is 201 g/mol. The molecule has 0 heterocycles. The van der Waals surface area contributed by atoms with Gasteiger partial charge in [0.05, 0.1) is 6.10 Å². The van der Waals surface area contributed by atoms with Gasteiger partial charge in [0, 0.05) is 25.2 Å². The van der Waals surface area contributed by atoms with Crippen molar-refractivity contribution in [3.63, 3.8) is 0 Å². The second-order valence-electron chi connectivity index (χ2n) is 4.38. The van der Waals surface area contributed by atoms with Crippen molar-refractivity contribution in [3.05, 3.63) is 0 Å². The van der Waals surface area contributed by atoms with Crippen LogP contribution in [0.15, 0.2) is 0 Å². The van der Waals surface area contributed by atoms with Crippen LogP contribution in [0, 0.1) is 0 Å². The summed E-state index contributed by atoms with van der Waals surface area (Å²) in [7, 11) is 0. The van der Waals surface area contributed by atoms with Crippen LogP contribution in [-0.4, -0.2) is 46.5 Å². The van der Waals surface area contributed by atoms with Gasteiger partial charge in [-0.2, -0.15) is 0 Å². The second kappa shape index (κ2) is 5.69. The highest BCUT2D eigenvalue weighted by atomic mass is 16.3. The average Bonchev–Trinajstić information content (AvgIpc) is 2.07. The summed E-state index contributed by atoms with van der Waals surface area (Å²) in [5, 5.41) is 18.4. The summed E-state index contributed by atoms with van der Waals surface area (Å²) >= 11 is 0. The minimum Gasteiger partial charge on any atom is -0.396 e. The van der Waals surface area contributed by atoms with Crippen LogP contribution in [0.5, 0.6) is 0 Å². The number of aliphatic hydroxyl groups excluding tert-OH is 2. The molecule has 0 amide bonds. The maximum atomic E-state index is 9.55. The van der Waals surface area contributed by atoms with E-state index < -0.39 is 0 Å². The Bertz CT molecular complexity index is 157. The van der Waals surface area contributed by atoms with Crippen molar-refractivity contribution in [3.8, 4) is 0 Å². The highest BCUT2D eigenvalue weighted by molar-refractivity contribution is 4.85. The molecule has 1 rings (SSSR count). The molecule has 0 aliphatic heterocycles. The first-order valence-electron chi connectivity index (χ1n) is 5.71. The van der Waals surface area contributed by atoms with Gasteiger partial charge in [0.15, 0.2) is 0 Å². The van der Waals surface area contributed by atoms with Crippen LogP contribution in [0.4, 0.5) is 0 Å². The summed E-state index contributed by atoms with van der Waals surface area (Å²) < 4.78 is 0. The van der Waals surface area contributed by atoms with Gasteiger partial charge in [-0.15, -0.1) is 0 Å². The first kappa shape index (κ1) is 12.0. The van der Waals surface area contributed by atoms with Gasteiger partial charge in [0.1, 0.15) is 0 Å². The highest BCUT2D eigenvalue weighted by Crippen LogP contribution is 2.27. The Kier molecular flexibility index (Phi) is 4.85. The van der Waals surface area contributed by atoms with E-state index in [1.54, 1.807) is 0 Å². The molecule has 2 atom stereocenters. The van der Waals surface area contributed by atoms with E-state index in [0.29, 0.717) is 6.04 Å². The molecule has 84 valence electrons. The third kappa shape index (κ3) is 2.94. The minimum atomic E-state index is -0.283. The first-order valence-corrected chi connectivity index (χ1v) is 5.71. The monoisotopic (exact) mass is 201 g/mol. The topological polar surface area (TPSA) is 43.7 Å². The fraction of sp³-hybridized carbons (Fsp3) is 1.00. The van der Waals surface area contributed by atoms with Crippen LogP contribution in [0.1, 0.15) is 39.5 Å². The summed E-state index contributed by atoms with van der Waals surface area (Å²) in [5.74, 6) is 0. The summed E-state index contributed by atoms with van der Waals surface area (Å²) in [6.07, 6.45) is 4.35. The van der Waals surface area contributed by atoms with E-state index in [1.807, 2.05) is 6.92 Å². The Morgan fingerprint density at radius 1 is 1.36 bits per heavy atom. The van der Waals surface area contributed by atoms with Crippen LogP contribution in [0.25, 0.3) is 0 Å². The van der Waals surface area contributed by atoms with E-state index in [4.69, 9.17) is 5.11 Å². The molecule has 2 unspecified atom stereocenters. The summed E-state index contributed by atoms with van der Waals surface area (Å²) in [4.78, 5) is 2.35. The van der Waals surface area contributed by atoms with Crippen molar-refractivity contribution >= 4 is 0 Å². The Labute approximate surface area is 86.7 Å². The second-order valence-corrected chi connectivity index (χ2v) is 4.38. The molecule has 0 aromatic rings. The van der Waals surface area contributed by atoms with E-state index in [0.717, 1.165) is 13.0 Å². The lowest BCUT2D eigenvalue weighted by Gasteiger charge is -2.42. The van der Waals surface area contributed by atoms with Crippen molar-refractivity contribution in [2.75, 3.05) is 13.2 Å². The molecule has 3 heteroatoms. The molecule has 2 N–H and O–H groups in total. The lowest BCUT2D eigenvalue weighted by molar-refractivity contribution is 0.0140. The van der Waals surface area contributed by atoms with E-state index in [9.17, 15) is 5.11 Å². The molecule has 3 nitrogen and oxygen atoms in total. The Morgan fingerprint density at radius 3 is 2.36 bits per heavy atom. The van der Waals surface area contributed by atoms with E-state index >= 15 is 0 Å². The third-order valence-corrected chi connectivity index (χ3v) is 3.34. The van der Waals surface area contributed by atoms with Gasteiger partial charge < -0.3 is 10.2 Å². The van der Waals surface area contributed by atoms with Crippen LogP contribution >= 0.6 is 0 Å². The Balaban J connectivity index is 2.42. The lowest BCUT2D eigenvalue weighted by atomic mass is 9.89. The van der Waals surface area contributed by atoms with Crippen molar-refractivity contribution in [1.82, 2.24) is 4.90 Å². The molecule has 0 radical (unpaired) electrons. The quantitative estimate of drug-likeness (QED) is 0.673. The molecule has 1 aliphatic carbocycles. The largest absolute Gasteiger partial charge is 0.396 e. The van der Waals surface area contributed by atoms with Crippen LogP contribution < -0.4 is 0 Å². The maximum Gasteiger partial charge on any atom is 0.0664 e. The van der Waals surface area contributed by atoms with E-state index in [2.05, 4.69) is 11.8 Å². The molecule has 0 aromatic carbocycles. The summed E-state index contributed by atoms with van der Waals surface area (Å²) in [6, 6.07) is 0.859. The van der Waals surface area contributed by atoms with Crippen molar-refractivity contribution < 1.29 is 10.2 Å². The Morgan fingerprint density at radius 2 is 2.00 bits per heavy atom. The van der Waals surface area contributed by atoms with Crippen molar-refractivity contribution in [2.24, 2.45) is 0 Å². The predicted octanol–water partition coefficient (Wildman–Crippen LogP) is 0.993. The Hall–Kier alpha value is -0.120. The number of aliphatic hydroxyl groups is 2. The van der Waals surface area contributed by atoms with Gasteiger partial charge >= 0.3 is 0 Å². The summed E-state index contributed by atoms with van der Waals surface area (Å²) in [5.41, 5.74) is 0. The maximum absolute atomic E-state index is 9.55. The zero-order chi connectivity index (χ0) is 10.6. The predicted molar refractivity (Wildman–Crippen MR) is 57.2 cm³/mol. The third-order valence-electron chi connectivity index (χ3n) is 3.34. The normalized spacial score (nSPS) is 22.1. The highest BCUT2D eigenvalue weighted by Gasteiger charge is 2.29. The molecule has 0 aromatic heterocycles. The molecule has 1 aliphatic rings. The summed E-state index contributed by atoms with van der Waals surface area (Å²) in [6.45, 7) is 5.07. The van der Waals surface area contributed by atoms with Gasteiger partial charge in [-0.3, -0.25) is 4.90 Å². The molecule has 0 bridgehead atoms. The minimum absolute atomic E-state index is 0.215.